The van der Waals surface area contributed by atoms with Crippen molar-refractivity contribution in [1.29, 1.82) is 0 Å². The Morgan fingerprint density at radius 2 is 0.744 bits per heavy atom. The van der Waals surface area contributed by atoms with E-state index in [1.165, 1.54) is 54.7 Å². The van der Waals surface area contributed by atoms with E-state index in [-0.39, 0.29) is 0 Å². The molecule has 0 aliphatic carbocycles. The first-order valence-corrected chi connectivity index (χ1v) is 17.4. The number of hydrogen-bond acceptors (Lipinski definition) is 2. The number of fused-ring (bicyclic) bond motifs is 6. The molecular formula is C38H28HfN2O2. The summed E-state index contributed by atoms with van der Waals surface area (Å²) in [5.74, 6) is 1.71. The van der Waals surface area contributed by atoms with Crippen LogP contribution >= 0.6 is 0 Å². The average Bonchev–Trinajstić information content (AvgIpc) is 3.55. The van der Waals surface area contributed by atoms with Crippen LogP contribution in [0.15, 0.2) is 133 Å². The summed E-state index contributed by atoms with van der Waals surface area (Å²) in [6, 6.07) is 47.2. The predicted octanol–water partition coefficient (Wildman–Crippen LogP) is 9.87. The van der Waals surface area contributed by atoms with E-state index in [1.54, 1.807) is 0 Å². The summed E-state index contributed by atoms with van der Waals surface area (Å²) >= 11 is -2.07. The van der Waals surface area contributed by atoms with Crippen LogP contribution in [0.5, 0.6) is 11.5 Å². The Balaban J connectivity index is 1.19. The van der Waals surface area contributed by atoms with Gasteiger partial charge in [0.2, 0.25) is 0 Å². The number of benzene rings is 6. The van der Waals surface area contributed by atoms with Crippen molar-refractivity contribution >= 4 is 43.6 Å². The second-order valence-corrected chi connectivity index (χ2v) is 13.0. The van der Waals surface area contributed by atoms with Crippen molar-refractivity contribution in [2.45, 2.75) is 13.8 Å². The molecule has 0 fully saturated rings. The Kier molecular flexibility index (Phi) is 6.41. The van der Waals surface area contributed by atoms with Gasteiger partial charge < -0.3 is 0 Å². The van der Waals surface area contributed by atoms with Gasteiger partial charge in [0.1, 0.15) is 0 Å². The third-order valence-electron chi connectivity index (χ3n) is 8.17. The molecular weight excluding hydrogens is 695 g/mol. The number of para-hydroxylation sites is 4. The number of nitrogens with zero attached hydrogens (tertiary/aromatic N) is 2. The second kappa shape index (κ2) is 10.6. The molecule has 0 saturated carbocycles. The van der Waals surface area contributed by atoms with Crippen LogP contribution in [0.2, 0.25) is 0 Å². The van der Waals surface area contributed by atoms with Crippen LogP contribution < -0.4 is 5.71 Å². The summed E-state index contributed by atoms with van der Waals surface area (Å²) in [5, 5.41) is 4.94. The van der Waals surface area contributed by atoms with Crippen LogP contribution in [0.3, 0.4) is 0 Å². The number of rotatable bonds is 6. The van der Waals surface area contributed by atoms with Gasteiger partial charge in [0.05, 0.1) is 0 Å². The van der Waals surface area contributed by atoms with E-state index in [0.29, 0.717) is 0 Å². The third-order valence-corrected chi connectivity index (χ3v) is 10.4. The fourth-order valence-electron chi connectivity index (χ4n) is 6.25. The van der Waals surface area contributed by atoms with Gasteiger partial charge in [-0.25, -0.2) is 0 Å². The molecule has 0 bridgehead atoms. The van der Waals surface area contributed by atoms with E-state index in [1.807, 2.05) is 0 Å². The molecule has 0 radical (unpaired) electrons. The van der Waals surface area contributed by atoms with E-state index in [4.69, 9.17) is 5.71 Å². The summed E-state index contributed by atoms with van der Waals surface area (Å²) in [7, 11) is 0. The molecule has 8 aromatic rings. The van der Waals surface area contributed by atoms with Crippen molar-refractivity contribution in [3.8, 4) is 22.9 Å². The maximum absolute atomic E-state index is 6.64. The van der Waals surface area contributed by atoms with Crippen molar-refractivity contribution < 1.29 is 29.5 Å². The van der Waals surface area contributed by atoms with E-state index in [2.05, 4.69) is 156 Å². The van der Waals surface area contributed by atoms with E-state index >= 15 is 0 Å². The van der Waals surface area contributed by atoms with Crippen LogP contribution in [0.1, 0.15) is 11.1 Å². The number of aryl methyl sites for hydroxylation is 2. The Morgan fingerprint density at radius 3 is 1.09 bits per heavy atom. The Bertz CT molecular complexity index is 2040. The van der Waals surface area contributed by atoms with Crippen molar-refractivity contribution in [2.24, 2.45) is 0 Å². The zero-order valence-electron chi connectivity index (χ0n) is 23.9. The minimum atomic E-state index is -2.07. The SMILES string of the molecule is Cc1ccc([O][Hf][O]c2ccc(C)cc2-n2c3ccccc3c3ccccc32)c(-n2c3ccccc3c3ccccc32)c1. The van der Waals surface area contributed by atoms with Gasteiger partial charge in [0.25, 0.3) is 0 Å². The quantitative estimate of drug-likeness (QED) is 0.160. The Morgan fingerprint density at radius 1 is 0.419 bits per heavy atom. The molecule has 5 heteroatoms. The van der Waals surface area contributed by atoms with Gasteiger partial charge in [-0.2, -0.15) is 0 Å². The van der Waals surface area contributed by atoms with Crippen molar-refractivity contribution in [2.75, 3.05) is 0 Å². The van der Waals surface area contributed by atoms with Gasteiger partial charge in [-0.1, -0.05) is 0 Å². The molecule has 43 heavy (non-hydrogen) atoms. The third kappa shape index (κ3) is 4.38. The van der Waals surface area contributed by atoms with Gasteiger partial charge in [-0.15, -0.1) is 0 Å². The van der Waals surface area contributed by atoms with Gasteiger partial charge in [-0.3, -0.25) is 0 Å². The zero-order chi connectivity index (χ0) is 28.9. The zero-order valence-corrected chi connectivity index (χ0v) is 27.5. The fraction of sp³-hybridized carbons (Fsp3) is 0.0526. The topological polar surface area (TPSA) is 28.3 Å². The van der Waals surface area contributed by atoms with Crippen molar-refractivity contribution in [1.82, 2.24) is 9.13 Å². The van der Waals surface area contributed by atoms with E-state index in [0.717, 1.165) is 22.9 Å². The normalized spacial score (nSPS) is 11.5. The second-order valence-electron chi connectivity index (χ2n) is 11.0. The average molecular weight is 723 g/mol. The molecule has 2 heterocycles. The first-order valence-electron chi connectivity index (χ1n) is 14.4. The summed E-state index contributed by atoms with van der Waals surface area (Å²) in [6.07, 6.45) is 0. The summed E-state index contributed by atoms with van der Waals surface area (Å²) in [6.45, 7) is 4.26. The molecule has 0 atom stereocenters. The van der Waals surface area contributed by atoms with Gasteiger partial charge in [0, 0.05) is 0 Å². The van der Waals surface area contributed by atoms with Gasteiger partial charge >= 0.3 is 264 Å². The fourth-order valence-corrected chi connectivity index (χ4v) is 8.29. The molecule has 0 amide bonds. The van der Waals surface area contributed by atoms with Crippen LogP contribution in [0.25, 0.3) is 55.0 Å². The van der Waals surface area contributed by atoms with Crippen molar-refractivity contribution in [3.63, 3.8) is 0 Å². The van der Waals surface area contributed by atoms with E-state index < -0.39 is 23.8 Å². The summed E-state index contributed by atoms with van der Waals surface area (Å²) < 4.78 is 17.9. The van der Waals surface area contributed by atoms with Crippen LogP contribution in [0.4, 0.5) is 0 Å². The van der Waals surface area contributed by atoms with Crippen LogP contribution in [0, 0.1) is 13.8 Å². The first-order chi connectivity index (χ1) is 21.2. The molecule has 0 aliphatic rings. The molecule has 0 saturated heterocycles. The van der Waals surface area contributed by atoms with Crippen molar-refractivity contribution in [3.05, 3.63) is 145 Å². The van der Waals surface area contributed by atoms with Crippen LogP contribution in [-0.4, -0.2) is 9.13 Å². The Labute approximate surface area is 262 Å². The molecule has 2 aromatic heterocycles. The molecule has 4 nitrogen and oxygen atoms in total. The standard InChI is InChI=1S/2C19H15NO.Hf/c2*1-13-10-11-19(21)18(12-13)20-16-8-4-2-6-14(16)15-7-3-5-9-17(15)20;/h2*2-12,21H,1H3;/q;;+2/p-2. The maximum atomic E-state index is 6.64. The van der Waals surface area contributed by atoms with E-state index in [9.17, 15) is 0 Å². The molecule has 0 aliphatic heterocycles. The predicted molar refractivity (Wildman–Crippen MR) is 172 cm³/mol. The summed E-state index contributed by atoms with van der Waals surface area (Å²) in [5.41, 5.74) is 9.12. The van der Waals surface area contributed by atoms with Crippen LogP contribution in [-0.2, 0) is 23.8 Å². The summed E-state index contributed by atoms with van der Waals surface area (Å²) in [4.78, 5) is 0. The van der Waals surface area contributed by atoms with Gasteiger partial charge in [0.15, 0.2) is 0 Å². The monoisotopic (exact) mass is 724 g/mol. The molecule has 206 valence electrons. The Hall–Kier alpha value is -4.61. The van der Waals surface area contributed by atoms with Gasteiger partial charge in [-0.05, 0) is 0 Å². The molecule has 8 rings (SSSR count). The first kappa shape index (κ1) is 26.1. The molecule has 0 unspecified atom stereocenters. The molecule has 0 spiro atoms. The number of aromatic nitrogens is 2. The molecule has 6 aromatic carbocycles. The number of hydrogen-bond donors (Lipinski definition) is 0. The molecule has 0 N–H and O–H groups in total. The minimum absolute atomic E-state index is 0.853.